The Bertz CT molecular complexity index is 674. The van der Waals surface area contributed by atoms with E-state index in [-0.39, 0.29) is 6.04 Å². The van der Waals surface area contributed by atoms with E-state index in [1.807, 2.05) is 38.2 Å². The molecule has 0 aliphatic carbocycles. The predicted octanol–water partition coefficient (Wildman–Crippen LogP) is 4.25. The van der Waals surface area contributed by atoms with Gasteiger partial charge in [0.05, 0.1) is 6.04 Å². The predicted molar refractivity (Wildman–Crippen MR) is 102 cm³/mol. The van der Waals surface area contributed by atoms with Gasteiger partial charge in [-0.1, -0.05) is 35.3 Å². The molecule has 6 heteroatoms. The first-order chi connectivity index (χ1) is 11.6. The molecule has 4 nitrogen and oxygen atoms in total. The molecule has 1 unspecified atom stereocenters. The Kier molecular flexibility index (Phi) is 7.35. The molecule has 0 radical (unpaired) electrons. The highest BCUT2D eigenvalue weighted by Gasteiger charge is 2.11. The first kappa shape index (κ1) is 18.6. The van der Waals surface area contributed by atoms with Crippen LogP contribution in [-0.4, -0.2) is 24.0 Å². The Morgan fingerprint density at radius 3 is 2.79 bits per heavy atom. The fourth-order valence-corrected chi connectivity index (χ4v) is 2.87. The lowest BCUT2D eigenvalue weighted by atomic mass is 10.1. The van der Waals surface area contributed by atoms with Crippen LogP contribution in [0.5, 0.6) is 0 Å². The van der Waals surface area contributed by atoms with Gasteiger partial charge in [-0.05, 0) is 49.6 Å². The molecule has 1 heterocycles. The van der Waals surface area contributed by atoms with E-state index in [1.54, 1.807) is 12.3 Å². The Morgan fingerprint density at radius 1 is 1.29 bits per heavy atom. The molecule has 2 aromatic rings. The average molecular weight is 365 g/mol. The molecule has 0 aliphatic rings. The highest BCUT2D eigenvalue weighted by Crippen LogP contribution is 2.25. The van der Waals surface area contributed by atoms with E-state index < -0.39 is 0 Å². The van der Waals surface area contributed by atoms with Gasteiger partial charge >= 0.3 is 0 Å². The zero-order chi connectivity index (χ0) is 17.4. The summed E-state index contributed by atoms with van der Waals surface area (Å²) < 4.78 is 0. The van der Waals surface area contributed by atoms with Gasteiger partial charge in [-0.15, -0.1) is 0 Å². The van der Waals surface area contributed by atoms with Crippen LogP contribution in [0.25, 0.3) is 0 Å². The first-order valence-electron chi connectivity index (χ1n) is 7.99. The van der Waals surface area contributed by atoms with Crippen molar-refractivity contribution in [1.82, 2.24) is 15.6 Å². The number of rotatable bonds is 6. The van der Waals surface area contributed by atoms with E-state index >= 15 is 0 Å². The van der Waals surface area contributed by atoms with Gasteiger partial charge in [-0.25, -0.2) is 0 Å². The molecular weight excluding hydrogens is 343 g/mol. The van der Waals surface area contributed by atoms with Crippen LogP contribution in [0, 0.1) is 0 Å². The van der Waals surface area contributed by atoms with E-state index in [0.29, 0.717) is 16.6 Å². The van der Waals surface area contributed by atoms with Crippen LogP contribution in [-0.2, 0) is 6.42 Å². The molecule has 0 amide bonds. The molecule has 2 N–H and O–H groups in total. The third-order valence-electron chi connectivity index (χ3n) is 3.52. The molecule has 1 aromatic carbocycles. The quantitative estimate of drug-likeness (QED) is 0.594. The summed E-state index contributed by atoms with van der Waals surface area (Å²) in [6.45, 7) is 5.56. The number of halogens is 2. The van der Waals surface area contributed by atoms with Crippen molar-refractivity contribution in [3.8, 4) is 0 Å². The monoisotopic (exact) mass is 364 g/mol. The molecule has 1 atom stereocenters. The van der Waals surface area contributed by atoms with Crippen LogP contribution in [0.4, 0.5) is 0 Å². The summed E-state index contributed by atoms with van der Waals surface area (Å²) in [5, 5.41) is 7.91. The molecule has 0 aliphatic heterocycles. The van der Waals surface area contributed by atoms with Crippen molar-refractivity contribution in [2.24, 2.45) is 4.99 Å². The van der Waals surface area contributed by atoms with Crippen LogP contribution in [0.3, 0.4) is 0 Å². The second-order valence-corrected chi connectivity index (χ2v) is 6.25. The number of hydrogen-bond acceptors (Lipinski definition) is 2. The van der Waals surface area contributed by atoms with Gasteiger partial charge in [-0.2, -0.15) is 0 Å². The fourth-order valence-electron chi connectivity index (χ4n) is 2.30. The second-order valence-electron chi connectivity index (χ2n) is 5.40. The normalized spacial score (nSPS) is 12.8. The molecule has 0 saturated carbocycles. The summed E-state index contributed by atoms with van der Waals surface area (Å²) in [5.41, 5.74) is 2.16. The van der Waals surface area contributed by atoms with Crippen molar-refractivity contribution in [2.75, 3.05) is 13.1 Å². The summed E-state index contributed by atoms with van der Waals surface area (Å²) in [5.74, 6) is 0.764. The minimum Gasteiger partial charge on any atom is -0.357 e. The molecule has 128 valence electrons. The number of hydrogen-bond donors (Lipinski definition) is 2. The molecule has 2 rings (SSSR count). The fraction of sp³-hybridized carbons (Fsp3) is 0.333. The van der Waals surface area contributed by atoms with Gasteiger partial charge in [0.1, 0.15) is 0 Å². The number of nitrogens with zero attached hydrogens (tertiary/aromatic N) is 2. The maximum Gasteiger partial charge on any atom is 0.191 e. The van der Waals surface area contributed by atoms with Gasteiger partial charge in [0.15, 0.2) is 5.96 Å². The molecule has 0 bridgehead atoms. The van der Waals surface area contributed by atoms with E-state index in [2.05, 4.69) is 26.7 Å². The topological polar surface area (TPSA) is 49.3 Å². The molecule has 24 heavy (non-hydrogen) atoms. The van der Waals surface area contributed by atoms with E-state index in [1.165, 1.54) is 5.56 Å². The summed E-state index contributed by atoms with van der Waals surface area (Å²) in [4.78, 5) is 8.74. The van der Waals surface area contributed by atoms with Crippen molar-refractivity contribution in [2.45, 2.75) is 26.3 Å². The van der Waals surface area contributed by atoms with Crippen molar-refractivity contribution >= 4 is 29.2 Å². The zero-order valence-corrected chi connectivity index (χ0v) is 15.4. The smallest absolute Gasteiger partial charge is 0.191 e. The maximum absolute atomic E-state index is 6.28. The third kappa shape index (κ3) is 5.69. The van der Waals surface area contributed by atoms with E-state index in [0.717, 1.165) is 24.5 Å². The molecule has 1 aromatic heterocycles. The maximum atomic E-state index is 6.28. The zero-order valence-electron chi connectivity index (χ0n) is 13.9. The van der Waals surface area contributed by atoms with Crippen molar-refractivity contribution < 1.29 is 0 Å². The van der Waals surface area contributed by atoms with Crippen LogP contribution in [0.2, 0.25) is 10.0 Å². The largest absolute Gasteiger partial charge is 0.357 e. The standard InChI is InChI=1S/C18H22Cl2N4/c1-3-22-18(23-10-8-14-5-4-9-21-12-14)24-13(2)16-7-6-15(19)11-17(16)20/h4-7,9,11-13H,3,8,10H2,1-2H3,(H2,22,23,24). The minimum absolute atomic E-state index is 0.0194. The Labute approximate surface area is 153 Å². The molecule has 0 spiro atoms. The molecule has 0 saturated heterocycles. The average Bonchev–Trinajstić information content (AvgIpc) is 2.55. The number of nitrogens with one attached hydrogen (secondary N) is 2. The Hall–Kier alpha value is -1.78. The van der Waals surface area contributed by atoms with Gasteiger partial charge in [0.25, 0.3) is 0 Å². The molecular formula is C18H22Cl2N4. The summed E-state index contributed by atoms with van der Waals surface area (Å²) in [6, 6.07) is 9.54. The summed E-state index contributed by atoms with van der Waals surface area (Å²) in [6.07, 6.45) is 4.49. The lowest BCUT2D eigenvalue weighted by Gasteiger charge is -2.19. The van der Waals surface area contributed by atoms with Crippen LogP contribution >= 0.6 is 23.2 Å². The molecule has 0 fully saturated rings. The Morgan fingerprint density at radius 2 is 2.12 bits per heavy atom. The number of aliphatic imine (C=N–C) groups is 1. The van der Waals surface area contributed by atoms with Crippen LogP contribution < -0.4 is 10.6 Å². The van der Waals surface area contributed by atoms with Gasteiger partial charge < -0.3 is 10.6 Å². The Balaban J connectivity index is 2.00. The number of aromatic nitrogens is 1. The van der Waals surface area contributed by atoms with Gasteiger partial charge in [0.2, 0.25) is 0 Å². The van der Waals surface area contributed by atoms with Crippen molar-refractivity contribution in [3.05, 3.63) is 63.9 Å². The van der Waals surface area contributed by atoms with Gasteiger partial charge in [0, 0.05) is 35.5 Å². The number of pyridine rings is 1. The minimum atomic E-state index is 0.0194. The highest BCUT2D eigenvalue weighted by atomic mass is 35.5. The lowest BCUT2D eigenvalue weighted by molar-refractivity contribution is 0.686. The number of benzene rings is 1. The second kappa shape index (κ2) is 9.50. The third-order valence-corrected chi connectivity index (χ3v) is 4.08. The number of guanidine groups is 1. The first-order valence-corrected chi connectivity index (χ1v) is 8.74. The summed E-state index contributed by atoms with van der Waals surface area (Å²) >= 11 is 12.2. The van der Waals surface area contributed by atoms with Gasteiger partial charge in [-0.3, -0.25) is 9.98 Å². The van der Waals surface area contributed by atoms with E-state index in [4.69, 9.17) is 23.2 Å². The van der Waals surface area contributed by atoms with Crippen LogP contribution in [0.15, 0.2) is 47.7 Å². The summed E-state index contributed by atoms with van der Waals surface area (Å²) in [7, 11) is 0. The highest BCUT2D eigenvalue weighted by molar-refractivity contribution is 6.35. The van der Waals surface area contributed by atoms with Crippen LogP contribution in [0.1, 0.15) is 31.0 Å². The van der Waals surface area contributed by atoms with E-state index in [9.17, 15) is 0 Å². The SMILES string of the molecule is CCNC(=NCCc1cccnc1)NC(C)c1ccc(Cl)cc1Cl. The van der Waals surface area contributed by atoms with Crippen molar-refractivity contribution in [3.63, 3.8) is 0 Å². The lowest BCUT2D eigenvalue weighted by Crippen LogP contribution is -2.39. The van der Waals surface area contributed by atoms with Crippen molar-refractivity contribution in [1.29, 1.82) is 0 Å².